The number of hydrogen-bond acceptors (Lipinski definition) is 22. The summed E-state index contributed by atoms with van der Waals surface area (Å²) < 4.78 is 0. The van der Waals surface area contributed by atoms with E-state index in [2.05, 4.69) is 79.8 Å². The van der Waals surface area contributed by atoms with E-state index in [4.69, 9.17) is 56.4 Å². The highest BCUT2D eigenvalue weighted by Crippen LogP contribution is 2.18. The Bertz CT molecular complexity index is 3970. The first kappa shape index (κ1) is 99.2. The molecular weight excluding hydrogens is 1540 g/mol. The van der Waals surface area contributed by atoms with Crippen molar-refractivity contribution in [2.45, 2.75) is 217 Å². The highest BCUT2D eigenvalue weighted by molar-refractivity contribution is 6.02. The van der Waals surface area contributed by atoms with Crippen LogP contribution in [0.1, 0.15) is 146 Å². The molecule has 650 valence electrons. The number of primary amides is 3. The summed E-state index contributed by atoms with van der Waals surface area (Å²) >= 11 is 0. The number of aliphatic hydroxyl groups is 1. The third kappa shape index (κ3) is 36.7. The molecule has 43 heteroatoms. The Hall–Kier alpha value is -13.0. The smallest absolute Gasteiger partial charge is 0.251 e. The molecular formula is C75H117N25O18. The van der Waals surface area contributed by atoms with Gasteiger partial charge in [0, 0.05) is 51.0 Å². The standard InChI is InChI=1S/C75H117N25O18/c1-8-38(4)58(99-70(116)54(34-43-19-25-47(103)26-20-43)96-61(107)39(5)89-64(110)48(12-9-29-86-73(80)81)91-63(109)45-21-15-44(36-76)16-22-45)71(117)98-55(35-57(78)105)69(115)97-53(32-37(2)3)68(114)90-40(6)62(108)100-59(41(7)101)72(118)94-50(14-11-31-88-75(84)85)65(111)93-51(27-28-56(77)104)67(113)92-49(13-10-30-87-74(82)83)66(112)95-52(60(79)106)33-42-17-23-46(102)24-18-42/h15-26,37-41,48-55,58-59,101-103H,8-14,27-36,76H2,1-7H3,(H2,77,104)(H2,78,105)(H2,79,106)(H,89,110)(H,90,114)(H,91,109)(H,92,113)(H,93,111)(H,94,118)(H,95,112)(H,96,107)(H,97,115)(H,98,117)(H,99,116)(H,100,108)(H4,80,81,86)(H4,82,83,87)(H4,84,85,88)/t38-,39-,40-,41+,48-,49-,50-,51-,52-,53-,54-,55-,58-,59-/m0/s1. The van der Waals surface area contributed by atoms with E-state index in [0.717, 1.165) is 12.5 Å². The zero-order chi connectivity index (χ0) is 88.6. The molecule has 0 aromatic heterocycles. The van der Waals surface area contributed by atoms with Crippen LogP contribution in [0.5, 0.6) is 11.5 Å². The normalized spacial score (nSPS) is 14.5. The molecule has 0 heterocycles. The molecule has 15 amide bonds. The Morgan fingerprint density at radius 3 is 1.14 bits per heavy atom. The summed E-state index contributed by atoms with van der Waals surface area (Å²) in [6, 6.07) is -1.31. The Labute approximate surface area is 682 Å². The predicted octanol–water partition coefficient (Wildman–Crippen LogP) is -6.60. The van der Waals surface area contributed by atoms with E-state index in [9.17, 15) is 87.2 Å². The molecule has 3 aromatic rings. The Balaban J connectivity index is 1.89. The Morgan fingerprint density at radius 2 is 0.729 bits per heavy atom. The van der Waals surface area contributed by atoms with Crippen LogP contribution in [0, 0.1) is 28.1 Å². The van der Waals surface area contributed by atoms with Crippen molar-refractivity contribution in [2.24, 2.45) is 52.0 Å². The molecule has 118 heavy (non-hydrogen) atoms. The SMILES string of the molecule is CC[C@H](C)[C@H](NC(=O)[C@H](Cc1ccc(O)cc1)NC(=O)[C@H](C)NC(=O)[C@H](CCCNC(=N)N)NC(=O)c1ccc(CN)cc1)C(=O)N[C@@H](CC(N)=O)C(=O)N[C@@H](CC(C)C)C(=O)N[C@@H](C)C(=O)N[C@H](C(=O)N[C@@H](CCCNC(=N)N)C(=O)N[C@@H](CCC(N)=O)C(=O)N[C@@H](CCCNC(=N)N)C(=O)N[C@@H](Cc1ccc(O)cc1)C(N)=O)[C@@H](C)O. The van der Waals surface area contributed by atoms with Gasteiger partial charge in [-0.15, -0.1) is 0 Å². The van der Waals surface area contributed by atoms with Crippen LogP contribution in [0.25, 0.3) is 0 Å². The average Bonchev–Trinajstić information content (AvgIpc) is 0.824. The number of benzene rings is 3. The van der Waals surface area contributed by atoms with Crippen LogP contribution in [-0.4, -0.2) is 220 Å². The third-order valence-corrected chi connectivity index (χ3v) is 18.4. The van der Waals surface area contributed by atoms with Crippen LogP contribution in [0.3, 0.4) is 0 Å². The van der Waals surface area contributed by atoms with Crippen LogP contribution in [0.4, 0.5) is 0 Å². The van der Waals surface area contributed by atoms with Crippen molar-refractivity contribution in [3.8, 4) is 11.5 Å². The van der Waals surface area contributed by atoms with E-state index in [1.165, 1.54) is 74.5 Å². The highest BCUT2D eigenvalue weighted by Gasteiger charge is 2.39. The largest absolute Gasteiger partial charge is 0.508 e. The first-order valence-electron chi connectivity index (χ1n) is 38.3. The van der Waals surface area contributed by atoms with Crippen LogP contribution >= 0.6 is 0 Å². The van der Waals surface area contributed by atoms with Crippen molar-refractivity contribution in [3.63, 3.8) is 0 Å². The summed E-state index contributed by atoms with van der Waals surface area (Å²) in [5, 5.41) is 91.2. The van der Waals surface area contributed by atoms with Gasteiger partial charge in [0.25, 0.3) is 5.91 Å². The van der Waals surface area contributed by atoms with Crippen LogP contribution in [0.15, 0.2) is 72.8 Å². The predicted molar refractivity (Wildman–Crippen MR) is 431 cm³/mol. The minimum absolute atomic E-state index is 0.00807. The van der Waals surface area contributed by atoms with Gasteiger partial charge in [-0.3, -0.25) is 88.1 Å². The maximum atomic E-state index is 14.6. The monoisotopic (exact) mass is 1660 g/mol. The zero-order valence-corrected chi connectivity index (χ0v) is 67.1. The number of amides is 15. The van der Waals surface area contributed by atoms with Gasteiger partial charge in [0.15, 0.2) is 17.9 Å². The van der Waals surface area contributed by atoms with Crippen molar-refractivity contribution in [1.29, 1.82) is 16.2 Å². The Morgan fingerprint density at radius 1 is 0.381 bits per heavy atom. The first-order valence-corrected chi connectivity index (χ1v) is 38.3. The van der Waals surface area contributed by atoms with E-state index in [0.29, 0.717) is 11.1 Å². The van der Waals surface area contributed by atoms with E-state index >= 15 is 0 Å². The lowest BCUT2D eigenvalue weighted by Gasteiger charge is -2.29. The van der Waals surface area contributed by atoms with Crippen molar-refractivity contribution in [2.75, 3.05) is 19.6 Å². The van der Waals surface area contributed by atoms with Gasteiger partial charge in [0.2, 0.25) is 82.7 Å². The van der Waals surface area contributed by atoms with Gasteiger partial charge >= 0.3 is 0 Å². The molecule has 0 radical (unpaired) electrons. The molecule has 0 aliphatic heterocycles. The lowest BCUT2D eigenvalue weighted by atomic mass is 9.96. The summed E-state index contributed by atoms with van der Waals surface area (Å²) in [6.45, 7) is 10.5. The fourth-order valence-corrected chi connectivity index (χ4v) is 11.6. The zero-order valence-electron chi connectivity index (χ0n) is 67.1. The van der Waals surface area contributed by atoms with Gasteiger partial charge in [-0.05, 0) is 137 Å². The second-order valence-electron chi connectivity index (χ2n) is 28.8. The fraction of sp³-hybridized carbons (Fsp3) is 0.520. The number of nitrogens with two attached hydrogens (primary N) is 7. The molecule has 0 aliphatic rings. The molecule has 0 bridgehead atoms. The number of aliphatic hydroxyl groups excluding tert-OH is 1. The molecule has 0 saturated carbocycles. The van der Waals surface area contributed by atoms with E-state index in [1.54, 1.807) is 39.8 Å². The molecule has 0 fully saturated rings. The number of carbonyl (C=O) groups excluding carboxylic acids is 15. The summed E-state index contributed by atoms with van der Waals surface area (Å²) in [6.07, 6.45) is -4.24. The number of rotatable bonds is 52. The van der Waals surface area contributed by atoms with Gasteiger partial charge in [0.1, 0.15) is 84.0 Å². The second-order valence-corrected chi connectivity index (χ2v) is 28.8. The molecule has 0 aliphatic carbocycles. The minimum atomic E-state index is -1.92. The fourth-order valence-electron chi connectivity index (χ4n) is 11.6. The maximum absolute atomic E-state index is 14.6. The Kier molecular flexibility index (Phi) is 42.4. The number of guanidine groups is 3. The summed E-state index contributed by atoms with van der Waals surface area (Å²) in [5.41, 5.74) is 40.6. The van der Waals surface area contributed by atoms with Gasteiger partial charge in [-0.2, -0.15) is 0 Å². The lowest BCUT2D eigenvalue weighted by molar-refractivity contribution is -0.137. The summed E-state index contributed by atoms with van der Waals surface area (Å²) in [7, 11) is 0. The molecule has 35 N–H and O–H groups in total. The van der Waals surface area contributed by atoms with Gasteiger partial charge in [0.05, 0.1) is 12.5 Å². The molecule has 3 rings (SSSR count). The van der Waals surface area contributed by atoms with Crippen molar-refractivity contribution >= 4 is 106 Å². The first-order chi connectivity index (χ1) is 55.5. The summed E-state index contributed by atoms with van der Waals surface area (Å²) in [5.74, 6) is -17.5. The number of nitrogens with one attached hydrogen (secondary N) is 18. The topological polar surface area (TPSA) is 751 Å². The molecule has 43 nitrogen and oxygen atoms in total. The van der Waals surface area contributed by atoms with E-state index < -0.39 is 210 Å². The van der Waals surface area contributed by atoms with Crippen LogP contribution < -0.4 is 120 Å². The van der Waals surface area contributed by atoms with E-state index in [1.807, 2.05) is 0 Å². The van der Waals surface area contributed by atoms with Crippen molar-refractivity contribution < 1.29 is 87.2 Å². The van der Waals surface area contributed by atoms with Crippen molar-refractivity contribution in [3.05, 3.63) is 95.1 Å². The second kappa shape index (κ2) is 50.4. The number of phenolic OH excluding ortho intramolecular Hbond substituents is 2. The maximum Gasteiger partial charge on any atom is 0.251 e. The van der Waals surface area contributed by atoms with Crippen LogP contribution in [0.2, 0.25) is 0 Å². The highest BCUT2D eigenvalue weighted by atomic mass is 16.3. The number of hydrogen-bond donors (Lipinski definition) is 28. The van der Waals surface area contributed by atoms with Gasteiger partial charge < -0.3 is 135 Å². The molecule has 14 atom stereocenters. The molecule has 0 unspecified atom stereocenters. The van der Waals surface area contributed by atoms with E-state index in [-0.39, 0.29) is 113 Å². The molecule has 0 saturated heterocycles. The number of aromatic hydroxyl groups is 2. The molecule has 3 aromatic carbocycles. The van der Waals surface area contributed by atoms with Gasteiger partial charge in [-0.1, -0.05) is 70.5 Å². The molecule has 0 spiro atoms. The number of phenols is 2. The summed E-state index contributed by atoms with van der Waals surface area (Å²) in [4.78, 5) is 208. The van der Waals surface area contributed by atoms with Crippen molar-refractivity contribution in [1.82, 2.24) is 79.8 Å². The quantitative estimate of drug-likeness (QED) is 0.0142. The van der Waals surface area contributed by atoms with Crippen LogP contribution in [-0.2, 0) is 86.5 Å². The third-order valence-electron chi connectivity index (χ3n) is 18.4. The average molecular weight is 1660 g/mol. The van der Waals surface area contributed by atoms with Gasteiger partial charge in [-0.25, -0.2) is 0 Å². The minimum Gasteiger partial charge on any atom is -0.508 e. The lowest BCUT2D eigenvalue weighted by Crippen LogP contribution is -2.62. The number of carbonyl (C=O) groups is 15.